The molecule has 1 aliphatic rings. The number of halogens is 1. The Kier molecular flexibility index (Phi) is 9.95. The first kappa shape index (κ1) is 28.8. The smallest absolute Gasteiger partial charge is 0.257 e. The Morgan fingerprint density at radius 3 is 2.66 bits per heavy atom. The van der Waals surface area contributed by atoms with Crippen molar-refractivity contribution in [1.82, 2.24) is 24.7 Å². The highest BCUT2D eigenvalue weighted by molar-refractivity contribution is 6.13. The number of aromatic nitrogens is 4. The predicted octanol–water partition coefficient (Wildman–Crippen LogP) is 5.23. The van der Waals surface area contributed by atoms with Gasteiger partial charge in [0, 0.05) is 44.1 Å². The summed E-state index contributed by atoms with van der Waals surface area (Å²) < 4.78 is 21.6. The van der Waals surface area contributed by atoms with Crippen molar-refractivity contribution >= 4 is 34.0 Å². The zero-order chi connectivity index (χ0) is 27.8. The van der Waals surface area contributed by atoms with Crippen molar-refractivity contribution in [2.45, 2.75) is 54.5 Å². The molecule has 1 aromatic carbocycles. The normalized spacial score (nSPS) is 14.8. The van der Waals surface area contributed by atoms with Crippen LogP contribution in [-0.4, -0.2) is 57.5 Å². The summed E-state index contributed by atoms with van der Waals surface area (Å²) >= 11 is 0. The molecule has 0 bridgehead atoms. The molecule has 1 aliphatic heterocycles. The number of rotatable bonds is 5. The van der Waals surface area contributed by atoms with E-state index in [9.17, 15) is 9.18 Å². The van der Waals surface area contributed by atoms with Crippen molar-refractivity contribution in [3.63, 3.8) is 0 Å². The van der Waals surface area contributed by atoms with Crippen LogP contribution in [0.4, 0.5) is 15.8 Å². The predicted molar refractivity (Wildman–Crippen MR) is 151 cm³/mol. The monoisotopic (exact) mass is 523 g/mol. The van der Waals surface area contributed by atoms with E-state index in [4.69, 9.17) is 4.74 Å². The second kappa shape index (κ2) is 13.1. The molecule has 0 spiro atoms. The first-order valence-electron chi connectivity index (χ1n) is 13.3. The maximum atomic E-state index is 14.5. The number of imidazole rings is 1. The van der Waals surface area contributed by atoms with Gasteiger partial charge in [-0.3, -0.25) is 4.79 Å². The third-order valence-corrected chi connectivity index (χ3v) is 5.79. The highest BCUT2D eigenvalue weighted by Crippen LogP contribution is 2.30. The minimum atomic E-state index is -0.516. The number of aryl methyl sites for hydroxylation is 1. The number of benzene rings is 1. The zero-order valence-electron chi connectivity index (χ0n) is 23.3. The first-order chi connectivity index (χ1) is 18.4. The fraction of sp³-hybridized carbons (Fsp3) is 0.429. The van der Waals surface area contributed by atoms with Gasteiger partial charge in [-0.15, -0.1) is 0 Å². The molecule has 4 heterocycles. The van der Waals surface area contributed by atoms with Gasteiger partial charge in [0.25, 0.3) is 5.91 Å². The van der Waals surface area contributed by atoms with Gasteiger partial charge in [0.05, 0.1) is 35.4 Å². The summed E-state index contributed by atoms with van der Waals surface area (Å²) in [6, 6.07) is 5.22. The second-order valence-electron chi connectivity index (χ2n) is 8.42. The van der Waals surface area contributed by atoms with Gasteiger partial charge >= 0.3 is 0 Å². The Morgan fingerprint density at radius 2 is 1.95 bits per heavy atom. The van der Waals surface area contributed by atoms with Crippen molar-refractivity contribution in [2.24, 2.45) is 0 Å². The molecule has 1 unspecified atom stereocenters. The lowest BCUT2D eigenvalue weighted by molar-refractivity contribution is 0.102. The van der Waals surface area contributed by atoms with Crippen LogP contribution in [0.15, 0.2) is 36.8 Å². The maximum absolute atomic E-state index is 14.5. The highest BCUT2D eigenvalue weighted by Gasteiger charge is 2.22. The van der Waals surface area contributed by atoms with Gasteiger partial charge in [0.2, 0.25) is 5.88 Å². The van der Waals surface area contributed by atoms with Crippen LogP contribution in [0.25, 0.3) is 16.7 Å². The molecule has 38 heavy (non-hydrogen) atoms. The number of carbonyl (C=O) groups excluding carboxylic acids is 1. The molecule has 204 valence electrons. The molecule has 1 fully saturated rings. The molecular weight excluding hydrogens is 485 g/mol. The number of hydrogen-bond donors (Lipinski definition) is 2. The second-order valence-corrected chi connectivity index (χ2v) is 8.42. The average molecular weight is 524 g/mol. The number of carbonyl (C=O) groups is 1. The molecule has 5 rings (SSSR count). The van der Waals surface area contributed by atoms with Crippen molar-refractivity contribution < 1.29 is 13.9 Å². The van der Waals surface area contributed by atoms with Crippen LogP contribution in [-0.2, 0) is 0 Å². The standard InChI is InChI=1S/C24H26FN7O2.2C2H6/c1-4-34-20-10-27-22-19(31-8-7-26-14(2)11-31)6-5-17(21(22)30-20)24(33)29-16-9-18(25)23-28-15(3)12-32(23)13-16;2*1-2/h5-6,9-10,12-14,26H,4,7-8,11H2,1-3H3,(H,29,33);2*1-2H3. The lowest BCUT2D eigenvalue weighted by Crippen LogP contribution is -2.49. The van der Waals surface area contributed by atoms with E-state index in [0.29, 0.717) is 46.5 Å². The molecule has 9 nitrogen and oxygen atoms in total. The lowest BCUT2D eigenvalue weighted by atomic mass is 10.1. The van der Waals surface area contributed by atoms with E-state index in [1.165, 1.54) is 6.07 Å². The number of anilines is 2. The summed E-state index contributed by atoms with van der Waals surface area (Å²) in [6.45, 7) is 16.7. The molecule has 1 amide bonds. The fourth-order valence-corrected chi connectivity index (χ4v) is 4.32. The Bertz CT molecular complexity index is 1390. The molecule has 0 saturated carbocycles. The zero-order valence-corrected chi connectivity index (χ0v) is 23.3. The minimum Gasteiger partial charge on any atom is -0.477 e. The molecule has 4 aromatic rings. The van der Waals surface area contributed by atoms with Crippen LogP contribution in [0.3, 0.4) is 0 Å². The molecule has 0 radical (unpaired) electrons. The number of nitrogens with one attached hydrogen (secondary N) is 2. The van der Waals surface area contributed by atoms with E-state index in [1.54, 1.807) is 36.0 Å². The number of nitrogens with zero attached hydrogens (tertiary/aromatic N) is 5. The van der Waals surface area contributed by atoms with E-state index in [2.05, 4.69) is 37.4 Å². The van der Waals surface area contributed by atoms with Crippen molar-refractivity contribution in [3.05, 3.63) is 53.9 Å². The van der Waals surface area contributed by atoms with Gasteiger partial charge in [-0.05, 0) is 32.9 Å². The Balaban J connectivity index is 0.000000956. The van der Waals surface area contributed by atoms with Crippen LogP contribution in [0.5, 0.6) is 5.88 Å². The van der Waals surface area contributed by atoms with E-state index in [-0.39, 0.29) is 5.65 Å². The number of pyridine rings is 1. The Morgan fingerprint density at radius 1 is 1.18 bits per heavy atom. The van der Waals surface area contributed by atoms with Gasteiger partial charge in [-0.25, -0.2) is 19.3 Å². The van der Waals surface area contributed by atoms with Gasteiger partial charge in [0.1, 0.15) is 11.0 Å². The third kappa shape index (κ3) is 6.19. The molecule has 1 saturated heterocycles. The molecule has 3 aromatic heterocycles. The summed E-state index contributed by atoms with van der Waals surface area (Å²) in [7, 11) is 0. The van der Waals surface area contributed by atoms with Gasteiger partial charge in [-0.2, -0.15) is 0 Å². The Labute approximate surface area is 223 Å². The average Bonchev–Trinajstić information content (AvgIpc) is 3.31. The number of hydrogen-bond acceptors (Lipinski definition) is 7. The first-order valence-corrected chi connectivity index (χ1v) is 13.3. The summed E-state index contributed by atoms with van der Waals surface area (Å²) in [5.41, 5.74) is 3.52. The van der Waals surface area contributed by atoms with Gasteiger partial charge < -0.3 is 24.7 Å². The third-order valence-electron chi connectivity index (χ3n) is 5.79. The number of fused-ring (bicyclic) bond motifs is 2. The summed E-state index contributed by atoms with van der Waals surface area (Å²) in [5, 5.41) is 6.22. The Hall–Kier alpha value is -3.79. The topological polar surface area (TPSA) is 96.7 Å². The van der Waals surface area contributed by atoms with Crippen molar-refractivity contribution in [3.8, 4) is 5.88 Å². The van der Waals surface area contributed by atoms with Gasteiger partial charge in [-0.1, -0.05) is 27.7 Å². The van der Waals surface area contributed by atoms with E-state index >= 15 is 0 Å². The summed E-state index contributed by atoms with van der Waals surface area (Å²) in [5.74, 6) is -0.586. The molecule has 10 heteroatoms. The number of amides is 1. The maximum Gasteiger partial charge on any atom is 0.257 e. The quantitative estimate of drug-likeness (QED) is 0.370. The van der Waals surface area contributed by atoms with E-state index < -0.39 is 11.7 Å². The van der Waals surface area contributed by atoms with Crippen LogP contribution in [0.2, 0.25) is 0 Å². The molecule has 2 N–H and O–H groups in total. The number of piperazine rings is 1. The van der Waals surface area contributed by atoms with E-state index in [0.717, 1.165) is 25.3 Å². The highest BCUT2D eigenvalue weighted by atomic mass is 19.1. The summed E-state index contributed by atoms with van der Waals surface area (Å²) in [6.07, 6.45) is 4.91. The van der Waals surface area contributed by atoms with Crippen molar-refractivity contribution in [2.75, 3.05) is 36.5 Å². The van der Waals surface area contributed by atoms with Crippen molar-refractivity contribution in [1.29, 1.82) is 0 Å². The van der Waals surface area contributed by atoms with Crippen LogP contribution in [0.1, 0.15) is 57.6 Å². The lowest BCUT2D eigenvalue weighted by Gasteiger charge is -2.34. The molecule has 0 aliphatic carbocycles. The van der Waals surface area contributed by atoms with Crippen LogP contribution >= 0.6 is 0 Å². The van der Waals surface area contributed by atoms with Crippen LogP contribution < -0.4 is 20.3 Å². The summed E-state index contributed by atoms with van der Waals surface area (Å²) in [4.78, 5) is 28.9. The number of ether oxygens (including phenoxy) is 1. The van der Waals surface area contributed by atoms with Crippen LogP contribution in [0, 0.1) is 12.7 Å². The van der Waals surface area contributed by atoms with Gasteiger partial charge in [0.15, 0.2) is 11.5 Å². The fourth-order valence-electron chi connectivity index (χ4n) is 4.32. The van der Waals surface area contributed by atoms with E-state index in [1.807, 2.05) is 40.7 Å². The largest absolute Gasteiger partial charge is 0.477 e. The molecule has 1 atom stereocenters. The molecular formula is C28H38FN7O2. The minimum absolute atomic E-state index is 0.211. The SMILES string of the molecule is CC.CC.CCOc1cnc2c(N3CCNC(C)C3)ccc(C(=O)Nc3cc(F)c4nc(C)cn4c3)c2n1.